The van der Waals surface area contributed by atoms with Gasteiger partial charge in [0.05, 0.1) is 0 Å². The Morgan fingerprint density at radius 1 is 1.31 bits per heavy atom. The minimum absolute atomic E-state index is 0.0634. The Hall–Kier alpha value is -2.53. The molecule has 0 aromatic carbocycles. The summed E-state index contributed by atoms with van der Waals surface area (Å²) in [6.07, 6.45) is 0.940. The third-order valence-corrected chi connectivity index (χ3v) is 6.00. The van der Waals surface area contributed by atoms with Crippen LogP contribution in [0.4, 0.5) is 0 Å². The van der Waals surface area contributed by atoms with Crippen molar-refractivity contribution in [3.63, 3.8) is 0 Å². The van der Waals surface area contributed by atoms with E-state index in [0.717, 1.165) is 0 Å². The van der Waals surface area contributed by atoms with Crippen LogP contribution in [0.1, 0.15) is 34.8 Å². The van der Waals surface area contributed by atoms with Crippen LogP contribution in [0.2, 0.25) is 0 Å². The Morgan fingerprint density at radius 3 is 2.54 bits per heavy atom. The molecule has 1 saturated heterocycles. The van der Waals surface area contributed by atoms with E-state index in [-0.39, 0.29) is 33.9 Å². The highest BCUT2D eigenvalue weighted by molar-refractivity contribution is 7.89. The van der Waals surface area contributed by atoms with Gasteiger partial charge in [-0.1, -0.05) is 5.16 Å². The van der Waals surface area contributed by atoms with Crippen molar-refractivity contribution >= 4 is 15.9 Å². The van der Waals surface area contributed by atoms with Crippen molar-refractivity contribution in [2.45, 2.75) is 37.6 Å². The zero-order chi connectivity index (χ0) is 18.9. The number of aromatic nitrogens is 3. The zero-order valence-electron chi connectivity index (χ0n) is 14.4. The van der Waals surface area contributed by atoms with E-state index in [0.29, 0.717) is 31.6 Å². The van der Waals surface area contributed by atoms with E-state index >= 15 is 0 Å². The summed E-state index contributed by atoms with van der Waals surface area (Å²) in [4.78, 5) is 25.0. The van der Waals surface area contributed by atoms with Gasteiger partial charge in [-0.05, 0) is 32.8 Å². The lowest BCUT2D eigenvalue weighted by atomic mass is 10.1. The summed E-state index contributed by atoms with van der Waals surface area (Å²) in [5.74, 6) is -0.0555. The van der Waals surface area contributed by atoms with Gasteiger partial charge in [-0.2, -0.15) is 5.10 Å². The third kappa shape index (κ3) is 3.68. The number of nitrogens with zero attached hydrogens (tertiary/aromatic N) is 3. The molecule has 0 bridgehead atoms. The van der Waals surface area contributed by atoms with Crippen LogP contribution in [0.3, 0.4) is 0 Å². The first kappa shape index (κ1) is 18.3. The van der Waals surface area contributed by atoms with E-state index in [1.165, 1.54) is 12.1 Å². The monoisotopic (exact) mass is 381 g/mol. The summed E-state index contributed by atoms with van der Waals surface area (Å²) < 4.78 is 32.7. The number of aryl methyl sites for hydroxylation is 2. The number of likely N-dealkylation sites (tertiary alicyclic amines) is 1. The fourth-order valence-corrected chi connectivity index (χ4v) is 4.60. The number of H-pyrrole nitrogens is 1. The molecular weight excluding hydrogens is 362 g/mol. The standard InChI is InChI=1S/C15H19N5O5S/c1-9-14(10(2)25-18-9)26(23,24)19-11-5-7-20(8-6-11)15(22)12-3-4-13(21)17-16-12/h3-4,11,19H,5-8H2,1-2H3,(H,17,21). The second kappa shape index (κ2) is 7.00. The molecule has 3 rings (SSSR count). The first-order chi connectivity index (χ1) is 12.3. The molecule has 0 aliphatic carbocycles. The lowest BCUT2D eigenvalue weighted by molar-refractivity contribution is 0.0704. The van der Waals surface area contributed by atoms with Crippen LogP contribution < -0.4 is 10.3 Å². The van der Waals surface area contributed by atoms with Gasteiger partial charge >= 0.3 is 0 Å². The maximum Gasteiger partial charge on any atom is 0.274 e. The van der Waals surface area contributed by atoms with Crippen molar-refractivity contribution < 1.29 is 17.7 Å². The van der Waals surface area contributed by atoms with Crippen molar-refractivity contribution in [2.75, 3.05) is 13.1 Å². The van der Waals surface area contributed by atoms with Crippen LogP contribution in [0.15, 0.2) is 26.3 Å². The number of nitrogens with one attached hydrogen (secondary N) is 2. The maximum atomic E-state index is 12.5. The van der Waals surface area contributed by atoms with E-state index in [2.05, 4.69) is 20.1 Å². The smallest absolute Gasteiger partial charge is 0.274 e. The molecule has 2 N–H and O–H groups in total. The molecule has 1 aliphatic heterocycles. The molecule has 0 radical (unpaired) electrons. The summed E-state index contributed by atoms with van der Waals surface area (Å²) in [7, 11) is -3.73. The molecule has 140 valence electrons. The normalized spacial score (nSPS) is 16.0. The second-order valence-electron chi connectivity index (χ2n) is 6.15. The largest absolute Gasteiger partial charge is 0.360 e. The van der Waals surface area contributed by atoms with Gasteiger partial charge in [-0.3, -0.25) is 9.59 Å². The highest BCUT2D eigenvalue weighted by atomic mass is 32.2. The summed E-state index contributed by atoms with van der Waals surface area (Å²) >= 11 is 0. The number of piperidine rings is 1. The molecular formula is C15H19N5O5S. The third-order valence-electron chi connectivity index (χ3n) is 4.24. The number of aromatic amines is 1. The molecule has 2 aromatic heterocycles. The Labute approximate surface area is 149 Å². The van der Waals surface area contributed by atoms with Crippen molar-refractivity contribution in [1.29, 1.82) is 0 Å². The van der Waals surface area contributed by atoms with Crippen LogP contribution in [-0.4, -0.2) is 53.7 Å². The molecule has 3 heterocycles. The highest BCUT2D eigenvalue weighted by Gasteiger charge is 2.30. The molecule has 0 saturated carbocycles. The van der Waals surface area contributed by atoms with Gasteiger partial charge in [-0.25, -0.2) is 18.2 Å². The molecule has 0 unspecified atom stereocenters. The molecule has 0 atom stereocenters. The number of amides is 1. The molecule has 1 fully saturated rings. The van der Waals surface area contributed by atoms with Gasteiger partial charge in [0.25, 0.3) is 11.5 Å². The SMILES string of the molecule is Cc1noc(C)c1S(=O)(=O)NC1CCN(C(=O)c2ccc(=O)[nH]n2)CC1. The highest BCUT2D eigenvalue weighted by Crippen LogP contribution is 2.21. The van der Waals surface area contributed by atoms with E-state index in [1.807, 2.05) is 0 Å². The zero-order valence-corrected chi connectivity index (χ0v) is 15.2. The number of hydrogen-bond acceptors (Lipinski definition) is 7. The molecule has 26 heavy (non-hydrogen) atoms. The Bertz CT molecular complexity index is 933. The van der Waals surface area contributed by atoms with E-state index in [1.54, 1.807) is 18.7 Å². The van der Waals surface area contributed by atoms with Crippen LogP contribution in [0.5, 0.6) is 0 Å². The fraction of sp³-hybridized carbons (Fsp3) is 0.467. The van der Waals surface area contributed by atoms with Crippen LogP contribution in [0.25, 0.3) is 0 Å². The van der Waals surface area contributed by atoms with Crippen molar-refractivity contribution in [1.82, 2.24) is 25.0 Å². The van der Waals surface area contributed by atoms with Gasteiger partial charge in [0.2, 0.25) is 10.0 Å². The molecule has 2 aromatic rings. The summed E-state index contributed by atoms with van der Waals surface area (Å²) in [6.45, 7) is 3.89. The number of rotatable bonds is 4. The van der Waals surface area contributed by atoms with E-state index < -0.39 is 10.0 Å². The average molecular weight is 381 g/mol. The Kier molecular flexibility index (Phi) is 4.92. The lowest BCUT2D eigenvalue weighted by Gasteiger charge is -2.31. The predicted octanol–water partition coefficient (Wildman–Crippen LogP) is -0.0422. The predicted molar refractivity (Wildman–Crippen MR) is 90.1 cm³/mol. The number of hydrogen-bond donors (Lipinski definition) is 2. The average Bonchev–Trinajstić information content (AvgIpc) is 2.95. The number of carbonyl (C=O) groups excluding carboxylic acids is 1. The molecule has 10 nitrogen and oxygen atoms in total. The number of sulfonamides is 1. The van der Waals surface area contributed by atoms with Gasteiger partial charge in [0, 0.05) is 25.2 Å². The first-order valence-electron chi connectivity index (χ1n) is 8.08. The van der Waals surface area contributed by atoms with Crippen LogP contribution in [0, 0.1) is 13.8 Å². The topological polar surface area (TPSA) is 138 Å². The summed E-state index contributed by atoms with van der Waals surface area (Å²) in [5, 5.41) is 9.63. The quantitative estimate of drug-likeness (QED) is 0.757. The molecule has 11 heteroatoms. The van der Waals surface area contributed by atoms with E-state index in [4.69, 9.17) is 4.52 Å². The van der Waals surface area contributed by atoms with Gasteiger partial charge < -0.3 is 9.42 Å². The minimum Gasteiger partial charge on any atom is -0.360 e. The second-order valence-corrected chi connectivity index (χ2v) is 7.80. The summed E-state index contributed by atoms with van der Waals surface area (Å²) in [5.41, 5.74) is 0.0834. The van der Waals surface area contributed by atoms with Crippen molar-refractivity contribution in [2.24, 2.45) is 0 Å². The van der Waals surface area contributed by atoms with Gasteiger partial charge in [0.15, 0.2) is 5.76 Å². The molecule has 1 amide bonds. The molecule has 1 aliphatic rings. The maximum absolute atomic E-state index is 12.5. The molecule has 0 spiro atoms. The van der Waals surface area contributed by atoms with Crippen molar-refractivity contribution in [3.05, 3.63) is 39.6 Å². The Morgan fingerprint density at radius 2 is 2.00 bits per heavy atom. The van der Waals surface area contributed by atoms with Crippen LogP contribution >= 0.6 is 0 Å². The fourth-order valence-electron chi connectivity index (χ4n) is 2.96. The van der Waals surface area contributed by atoms with Crippen LogP contribution in [-0.2, 0) is 10.0 Å². The van der Waals surface area contributed by atoms with Gasteiger partial charge in [0.1, 0.15) is 16.3 Å². The lowest BCUT2D eigenvalue weighted by Crippen LogP contribution is -2.46. The van der Waals surface area contributed by atoms with Crippen molar-refractivity contribution in [3.8, 4) is 0 Å². The van der Waals surface area contributed by atoms with Gasteiger partial charge in [-0.15, -0.1) is 0 Å². The Balaban J connectivity index is 1.63. The number of carbonyl (C=O) groups is 1. The summed E-state index contributed by atoms with van der Waals surface area (Å²) in [6, 6.07) is 2.32. The minimum atomic E-state index is -3.73. The van der Waals surface area contributed by atoms with E-state index in [9.17, 15) is 18.0 Å². The first-order valence-corrected chi connectivity index (χ1v) is 9.56.